The number of hydrogen-bond acceptors (Lipinski definition) is 8. The molecule has 3 aliphatic rings. The van der Waals surface area contributed by atoms with E-state index in [0.29, 0.717) is 67.0 Å². The van der Waals surface area contributed by atoms with Gasteiger partial charge < -0.3 is 24.0 Å². The second-order valence-electron chi connectivity index (χ2n) is 7.96. The number of nitrogens with zero attached hydrogens (tertiary/aromatic N) is 4. The number of carbonyl (C=O) groups excluding carboxylic acids is 1. The number of amides is 2. The number of fused-ring (bicyclic) bond motifs is 1. The highest BCUT2D eigenvalue weighted by molar-refractivity contribution is 7.23. The Labute approximate surface area is 177 Å². The van der Waals surface area contributed by atoms with Crippen molar-refractivity contribution in [3.8, 4) is 5.88 Å². The largest absolute Gasteiger partial charge is 0.479 e. The summed E-state index contributed by atoms with van der Waals surface area (Å²) >= 11 is 1.24. The first-order valence-electron chi connectivity index (χ1n) is 10.1. The van der Waals surface area contributed by atoms with Crippen LogP contribution in [0.25, 0.3) is 10.2 Å². The van der Waals surface area contributed by atoms with Gasteiger partial charge in [0.15, 0.2) is 5.13 Å². The van der Waals surface area contributed by atoms with Crippen LogP contribution in [-0.4, -0.2) is 80.6 Å². The summed E-state index contributed by atoms with van der Waals surface area (Å²) in [4.78, 5) is 25.0. The lowest BCUT2D eigenvalue weighted by molar-refractivity contribution is 0.122. The summed E-state index contributed by atoms with van der Waals surface area (Å²) in [5.41, 5.74) is 0.920. The first-order chi connectivity index (χ1) is 14.6. The van der Waals surface area contributed by atoms with Gasteiger partial charge in [-0.3, -0.25) is 5.32 Å². The molecular weight excluding hydrogens is 413 g/mol. The van der Waals surface area contributed by atoms with Gasteiger partial charge in [-0.15, -0.1) is 0 Å². The highest BCUT2D eigenvalue weighted by Crippen LogP contribution is 2.41. The molecule has 1 atom stereocenters. The van der Waals surface area contributed by atoms with Crippen molar-refractivity contribution in [3.05, 3.63) is 5.95 Å². The second-order valence-corrected chi connectivity index (χ2v) is 8.96. The van der Waals surface area contributed by atoms with Gasteiger partial charge in [0.2, 0.25) is 11.8 Å². The molecule has 0 radical (unpaired) electrons. The topological polar surface area (TPSA) is 89.1 Å². The van der Waals surface area contributed by atoms with E-state index in [-0.39, 0.29) is 17.3 Å². The van der Waals surface area contributed by atoms with Crippen molar-refractivity contribution < 1.29 is 23.4 Å². The fourth-order valence-electron chi connectivity index (χ4n) is 4.42. The maximum Gasteiger partial charge on any atom is 0.323 e. The van der Waals surface area contributed by atoms with Crippen molar-refractivity contribution in [2.45, 2.75) is 12.8 Å². The number of morpholine rings is 1. The Morgan fingerprint density at radius 1 is 1.20 bits per heavy atom. The van der Waals surface area contributed by atoms with Crippen molar-refractivity contribution in [2.24, 2.45) is 5.41 Å². The van der Waals surface area contributed by atoms with E-state index < -0.39 is 5.95 Å². The molecule has 2 amide bonds. The molecule has 1 N–H and O–H groups in total. The number of rotatable bonds is 3. The molecule has 30 heavy (non-hydrogen) atoms. The van der Waals surface area contributed by atoms with Crippen LogP contribution in [0, 0.1) is 11.4 Å². The number of nitrogens with one attached hydrogen (secondary N) is 1. The first-order valence-corrected chi connectivity index (χ1v) is 10.9. The monoisotopic (exact) mass is 437 g/mol. The summed E-state index contributed by atoms with van der Waals surface area (Å²) in [5.74, 6) is -0.495. The molecule has 2 aromatic heterocycles. The third-order valence-corrected chi connectivity index (χ3v) is 7.06. The molecule has 0 unspecified atom stereocenters. The van der Waals surface area contributed by atoms with E-state index in [1.54, 1.807) is 4.90 Å². The fourth-order valence-corrected chi connectivity index (χ4v) is 5.43. The Kier molecular flexibility index (Phi) is 5.11. The highest BCUT2D eigenvalue weighted by Gasteiger charge is 2.43. The molecule has 3 saturated heterocycles. The fraction of sp³-hybridized carbons (Fsp3) is 0.632. The number of urea groups is 1. The second kappa shape index (κ2) is 7.78. The molecule has 162 valence electrons. The van der Waals surface area contributed by atoms with E-state index in [0.717, 1.165) is 19.4 Å². The average Bonchev–Trinajstić information content (AvgIpc) is 3.49. The molecule has 5 heterocycles. The third-order valence-electron chi connectivity index (χ3n) is 6.08. The summed E-state index contributed by atoms with van der Waals surface area (Å²) < 4.78 is 31.6. The van der Waals surface area contributed by atoms with Crippen LogP contribution in [0.5, 0.6) is 5.88 Å². The lowest BCUT2D eigenvalue weighted by atomic mass is 9.87. The van der Waals surface area contributed by atoms with Crippen LogP contribution in [0.1, 0.15) is 12.8 Å². The van der Waals surface area contributed by atoms with Crippen molar-refractivity contribution in [2.75, 3.05) is 69.9 Å². The third kappa shape index (κ3) is 3.44. The molecule has 0 saturated carbocycles. The minimum absolute atomic E-state index is 0.0880. The number of anilines is 2. The molecule has 0 bridgehead atoms. The maximum absolute atomic E-state index is 14.8. The Morgan fingerprint density at radius 2 is 2.03 bits per heavy atom. The zero-order valence-electron chi connectivity index (χ0n) is 16.8. The van der Waals surface area contributed by atoms with Crippen LogP contribution in [0.15, 0.2) is 0 Å². The van der Waals surface area contributed by atoms with Gasteiger partial charge >= 0.3 is 6.03 Å². The van der Waals surface area contributed by atoms with E-state index in [2.05, 4.69) is 15.3 Å². The van der Waals surface area contributed by atoms with Crippen LogP contribution >= 0.6 is 11.3 Å². The summed E-state index contributed by atoms with van der Waals surface area (Å²) in [6, 6.07) is -0.196. The Morgan fingerprint density at radius 3 is 2.77 bits per heavy atom. The molecule has 2 aromatic rings. The van der Waals surface area contributed by atoms with Crippen LogP contribution in [0.2, 0.25) is 0 Å². The van der Waals surface area contributed by atoms with Gasteiger partial charge in [-0.1, -0.05) is 11.3 Å². The molecule has 3 aliphatic heterocycles. The highest BCUT2D eigenvalue weighted by atomic mass is 32.1. The minimum Gasteiger partial charge on any atom is -0.479 e. The number of likely N-dealkylation sites (tertiary alicyclic amines) is 1. The number of halogens is 1. The van der Waals surface area contributed by atoms with E-state index in [1.165, 1.54) is 18.4 Å². The summed E-state index contributed by atoms with van der Waals surface area (Å²) in [6.07, 6.45) is 1.94. The SMILES string of the molecule is COc1nc(F)c(N2CCOCC2)c2sc(NC(=O)N3CC[C@]4(CCOC4)C3)nc12. The number of hydrogen-bond donors (Lipinski definition) is 1. The zero-order valence-corrected chi connectivity index (χ0v) is 17.6. The minimum atomic E-state index is -0.606. The van der Waals surface area contributed by atoms with Crippen molar-refractivity contribution in [1.82, 2.24) is 14.9 Å². The van der Waals surface area contributed by atoms with Crippen molar-refractivity contribution >= 4 is 38.4 Å². The lowest BCUT2D eigenvalue weighted by Crippen LogP contribution is -2.37. The molecule has 0 aliphatic carbocycles. The van der Waals surface area contributed by atoms with Crippen molar-refractivity contribution in [3.63, 3.8) is 0 Å². The number of thiazole rings is 1. The molecule has 3 fully saturated rings. The van der Waals surface area contributed by atoms with Gasteiger partial charge in [0.05, 0.1) is 31.6 Å². The number of carbonyl (C=O) groups is 1. The molecular formula is C19H24FN5O4S. The van der Waals surface area contributed by atoms with Gasteiger partial charge in [0.1, 0.15) is 11.2 Å². The van der Waals surface area contributed by atoms with Gasteiger partial charge in [0, 0.05) is 38.2 Å². The maximum atomic E-state index is 14.8. The van der Waals surface area contributed by atoms with Crippen LogP contribution in [-0.2, 0) is 9.47 Å². The Balaban J connectivity index is 1.41. The first kappa shape index (κ1) is 19.7. The van der Waals surface area contributed by atoms with E-state index in [1.807, 2.05) is 4.90 Å². The summed E-state index contributed by atoms with van der Waals surface area (Å²) in [7, 11) is 1.43. The molecule has 9 nitrogen and oxygen atoms in total. The zero-order chi connectivity index (χ0) is 20.7. The van der Waals surface area contributed by atoms with E-state index >= 15 is 0 Å². The quantitative estimate of drug-likeness (QED) is 0.737. The molecule has 0 aromatic carbocycles. The lowest BCUT2D eigenvalue weighted by Gasteiger charge is -2.29. The average molecular weight is 437 g/mol. The van der Waals surface area contributed by atoms with Crippen LogP contribution in [0.3, 0.4) is 0 Å². The van der Waals surface area contributed by atoms with Gasteiger partial charge in [0.25, 0.3) is 0 Å². The van der Waals surface area contributed by atoms with E-state index in [4.69, 9.17) is 14.2 Å². The van der Waals surface area contributed by atoms with Gasteiger partial charge in [-0.25, -0.2) is 9.78 Å². The van der Waals surface area contributed by atoms with Gasteiger partial charge in [-0.05, 0) is 12.8 Å². The van der Waals surface area contributed by atoms with Crippen LogP contribution < -0.4 is 15.0 Å². The molecule has 11 heteroatoms. The number of ether oxygens (including phenoxy) is 3. The van der Waals surface area contributed by atoms with Crippen molar-refractivity contribution in [1.29, 1.82) is 0 Å². The number of pyridine rings is 1. The molecule has 5 rings (SSSR count). The number of aromatic nitrogens is 2. The Hall–Kier alpha value is -2.24. The van der Waals surface area contributed by atoms with Crippen LogP contribution in [0.4, 0.5) is 20.0 Å². The normalized spacial score (nSPS) is 24.2. The Bertz CT molecular complexity index is 958. The smallest absolute Gasteiger partial charge is 0.323 e. The van der Waals surface area contributed by atoms with Gasteiger partial charge in [-0.2, -0.15) is 9.37 Å². The summed E-state index contributed by atoms with van der Waals surface area (Å²) in [6.45, 7) is 5.03. The number of methoxy groups -OCH3 is 1. The molecule has 1 spiro atoms. The standard InChI is InChI=1S/C19H24FN5O4S/c1-27-16-12-14(13(15(20)22-16)24-5-8-28-9-6-24)30-17(21-12)23-18(26)25-4-2-19(10-25)3-7-29-11-19/h2-11H2,1H3,(H,21,23,26)/t19-/m0/s1. The predicted molar refractivity (Wildman–Crippen MR) is 110 cm³/mol. The van der Waals surface area contributed by atoms with E-state index in [9.17, 15) is 9.18 Å². The predicted octanol–water partition coefficient (Wildman–Crippen LogP) is 2.32. The summed E-state index contributed by atoms with van der Waals surface area (Å²) in [5, 5.41) is 3.29.